The molecule has 0 radical (unpaired) electrons. The van der Waals surface area contributed by atoms with Crippen LogP contribution in [0.15, 0.2) is 24.4 Å². The Labute approximate surface area is 121 Å². The van der Waals surface area contributed by atoms with Crippen LogP contribution in [0.4, 0.5) is 11.4 Å². The third kappa shape index (κ3) is 3.57. The van der Waals surface area contributed by atoms with E-state index in [1.807, 2.05) is 13.0 Å². The minimum Gasteiger partial charge on any atom is -0.379 e. The summed E-state index contributed by atoms with van der Waals surface area (Å²) in [5.74, 6) is 0. The SMILES string of the molecule is Cc1[nH]ncc1CCCNc1ccc(C#N)cc1[N+](=O)[O-]. The Balaban J connectivity index is 1.95. The summed E-state index contributed by atoms with van der Waals surface area (Å²) in [6, 6.07) is 6.31. The number of benzene rings is 1. The van der Waals surface area contributed by atoms with E-state index in [1.165, 1.54) is 6.07 Å². The molecule has 0 amide bonds. The summed E-state index contributed by atoms with van der Waals surface area (Å²) in [5, 5.41) is 29.6. The number of nitrogens with zero attached hydrogens (tertiary/aromatic N) is 3. The summed E-state index contributed by atoms with van der Waals surface area (Å²) in [6.45, 7) is 2.57. The minimum atomic E-state index is -0.483. The first-order chi connectivity index (χ1) is 10.1. The molecule has 0 fully saturated rings. The monoisotopic (exact) mass is 285 g/mol. The van der Waals surface area contributed by atoms with Crippen molar-refractivity contribution >= 4 is 11.4 Å². The number of H-pyrrole nitrogens is 1. The highest BCUT2D eigenvalue weighted by molar-refractivity contribution is 5.64. The van der Waals surface area contributed by atoms with Crippen LogP contribution in [0.2, 0.25) is 0 Å². The molecule has 2 aromatic rings. The third-order valence-corrected chi connectivity index (χ3v) is 3.20. The van der Waals surface area contributed by atoms with Crippen molar-refractivity contribution in [3.8, 4) is 6.07 Å². The molecule has 0 aliphatic rings. The molecule has 0 saturated carbocycles. The molecule has 1 aromatic carbocycles. The fourth-order valence-electron chi connectivity index (χ4n) is 2.03. The van der Waals surface area contributed by atoms with E-state index in [2.05, 4.69) is 15.5 Å². The molecule has 1 heterocycles. The second kappa shape index (κ2) is 6.52. The van der Waals surface area contributed by atoms with Gasteiger partial charge in [-0.1, -0.05) is 0 Å². The van der Waals surface area contributed by atoms with Crippen LogP contribution in [0, 0.1) is 28.4 Å². The molecule has 0 bridgehead atoms. The van der Waals surface area contributed by atoms with Crippen molar-refractivity contribution < 1.29 is 4.92 Å². The van der Waals surface area contributed by atoms with E-state index in [4.69, 9.17) is 5.26 Å². The topological polar surface area (TPSA) is 108 Å². The van der Waals surface area contributed by atoms with Gasteiger partial charge in [-0.2, -0.15) is 10.4 Å². The molecule has 0 saturated heterocycles. The number of rotatable bonds is 6. The lowest BCUT2D eigenvalue weighted by molar-refractivity contribution is -0.384. The molecule has 0 atom stereocenters. The molecule has 108 valence electrons. The molecule has 7 nitrogen and oxygen atoms in total. The molecule has 0 aliphatic heterocycles. The second-order valence-electron chi connectivity index (χ2n) is 4.65. The van der Waals surface area contributed by atoms with Crippen LogP contribution in [0.25, 0.3) is 0 Å². The van der Waals surface area contributed by atoms with Crippen molar-refractivity contribution in [2.24, 2.45) is 0 Å². The maximum Gasteiger partial charge on any atom is 0.293 e. The van der Waals surface area contributed by atoms with Gasteiger partial charge in [0.05, 0.1) is 22.8 Å². The van der Waals surface area contributed by atoms with Gasteiger partial charge in [-0.05, 0) is 37.5 Å². The zero-order valence-electron chi connectivity index (χ0n) is 11.6. The Morgan fingerprint density at radius 2 is 2.33 bits per heavy atom. The summed E-state index contributed by atoms with van der Waals surface area (Å²) in [7, 11) is 0. The standard InChI is InChI=1S/C14H15N5O2/c1-10-12(9-17-18-10)3-2-6-16-13-5-4-11(8-15)7-14(13)19(20)21/h4-5,7,9,16H,2-3,6H2,1H3,(H,17,18). The first-order valence-electron chi connectivity index (χ1n) is 6.53. The van der Waals surface area contributed by atoms with E-state index in [9.17, 15) is 10.1 Å². The number of hydrogen-bond acceptors (Lipinski definition) is 5. The highest BCUT2D eigenvalue weighted by atomic mass is 16.6. The average molecular weight is 285 g/mol. The van der Waals surface area contributed by atoms with Crippen molar-refractivity contribution in [1.82, 2.24) is 10.2 Å². The van der Waals surface area contributed by atoms with Crippen LogP contribution >= 0.6 is 0 Å². The van der Waals surface area contributed by atoms with E-state index >= 15 is 0 Å². The van der Waals surface area contributed by atoms with Gasteiger partial charge in [0.2, 0.25) is 0 Å². The maximum atomic E-state index is 11.0. The lowest BCUT2D eigenvalue weighted by Crippen LogP contribution is -2.05. The number of aryl methyl sites for hydroxylation is 2. The highest BCUT2D eigenvalue weighted by Gasteiger charge is 2.14. The van der Waals surface area contributed by atoms with E-state index in [-0.39, 0.29) is 11.3 Å². The lowest BCUT2D eigenvalue weighted by atomic mass is 10.1. The van der Waals surface area contributed by atoms with Crippen LogP contribution in [-0.2, 0) is 6.42 Å². The molecular formula is C14H15N5O2. The average Bonchev–Trinajstić information content (AvgIpc) is 2.89. The zero-order chi connectivity index (χ0) is 15.2. The lowest BCUT2D eigenvalue weighted by Gasteiger charge is -2.07. The Morgan fingerprint density at radius 3 is 2.95 bits per heavy atom. The Kier molecular flexibility index (Phi) is 4.51. The quantitative estimate of drug-likeness (QED) is 0.481. The van der Waals surface area contributed by atoms with Crippen LogP contribution in [0.5, 0.6) is 0 Å². The molecule has 0 aliphatic carbocycles. The summed E-state index contributed by atoms with van der Waals surface area (Å²) in [4.78, 5) is 10.5. The van der Waals surface area contributed by atoms with Crippen molar-refractivity contribution in [2.45, 2.75) is 19.8 Å². The van der Waals surface area contributed by atoms with Crippen molar-refractivity contribution in [3.63, 3.8) is 0 Å². The first kappa shape index (κ1) is 14.5. The number of aromatic amines is 1. The van der Waals surface area contributed by atoms with E-state index in [0.29, 0.717) is 12.2 Å². The fourth-order valence-corrected chi connectivity index (χ4v) is 2.03. The fraction of sp³-hybridized carbons (Fsp3) is 0.286. The molecule has 1 aromatic heterocycles. The largest absolute Gasteiger partial charge is 0.379 e. The third-order valence-electron chi connectivity index (χ3n) is 3.20. The van der Waals surface area contributed by atoms with Gasteiger partial charge in [-0.3, -0.25) is 15.2 Å². The van der Waals surface area contributed by atoms with Gasteiger partial charge >= 0.3 is 0 Å². The molecule has 0 spiro atoms. The highest BCUT2D eigenvalue weighted by Crippen LogP contribution is 2.25. The van der Waals surface area contributed by atoms with Gasteiger partial charge in [-0.15, -0.1) is 0 Å². The zero-order valence-corrected chi connectivity index (χ0v) is 11.6. The molecular weight excluding hydrogens is 270 g/mol. The Bertz CT molecular complexity index is 687. The smallest absolute Gasteiger partial charge is 0.293 e. The maximum absolute atomic E-state index is 11.0. The van der Waals surface area contributed by atoms with Crippen LogP contribution < -0.4 is 5.32 Å². The number of hydrogen-bond donors (Lipinski definition) is 2. The van der Waals surface area contributed by atoms with Gasteiger partial charge in [0.1, 0.15) is 5.69 Å². The molecule has 21 heavy (non-hydrogen) atoms. The summed E-state index contributed by atoms with van der Waals surface area (Å²) in [5.41, 5.74) is 2.82. The molecule has 2 rings (SSSR count). The minimum absolute atomic E-state index is 0.0754. The van der Waals surface area contributed by atoms with Gasteiger partial charge in [0.25, 0.3) is 5.69 Å². The Morgan fingerprint density at radius 1 is 1.52 bits per heavy atom. The predicted molar refractivity (Wildman–Crippen MR) is 77.9 cm³/mol. The summed E-state index contributed by atoms with van der Waals surface area (Å²) >= 11 is 0. The van der Waals surface area contributed by atoms with Crippen molar-refractivity contribution in [3.05, 3.63) is 51.3 Å². The number of nitriles is 1. The number of aromatic nitrogens is 2. The number of anilines is 1. The van der Waals surface area contributed by atoms with Crippen LogP contribution in [0.3, 0.4) is 0 Å². The summed E-state index contributed by atoms with van der Waals surface area (Å²) < 4.78 is 0. The number of nitro benzene ring substituents is 1. The second-order valence-corrected chi connectivity index (χ2v) is 4.65. The number of nitro groups is 1. The normalized spacial score (nSPS) is 10.1. The van der Waals surface area contributed by atoms with Crippen molar-refractivity contribution in [2.75, 3.05) is 11.9 Å². The van der Waals surface area contributed by atoms with Gasteiger partial charge in [-0.25, -0.2) is 0 Å². The van der Waals surface area contributed by atoms with Crippen molar-refractivity contribution in [1.29, 1.82) is 5.26 Å². The predicted octanol–water partition coefficient (Wildman–Crippen LogP) is 2.54. The van der Waals surface area contributed by atoms with E-state index < -0.39 is 4.92 Å². The Hall–Kier alpha value is -2.88. The van der Waals surface area contributed by atoms with Crippen LogP contribution in [-0.4, -0.2) is 21.7 Å². The first-order valence-corrected chi connectivity index (χ1v) is 6.53. The van der Waals surface area contributed by atoms with E-state index in [1.54, 1.807) is 18.3 Å². The van der Waals surface area contributed by atoms with Crippen LogP contribution in [0.1, 0.15) is 23.2 Å². The van der Waals surface area contributed by atoms with E-state index in [0.717, 1.165) is 24.1 Å². The van der Waals surface area contributed by atoms with Gasteiger partial charge < -0.3 is 5.32 Å². The molecule has 2 N–H and O–H groups in total. The number of nitrogens with one attached hydrogen (secondary N) is 2. The molecule has 7 heteroatoms. The van der Waals surface area contributed by atoms with Gasteiger partial charge in [0.15, 0.2) is 0 Å². The summed E-state index contributed by atoms with van der Waals surface area (Å²) in [6.07, 6.45) is 3.47. The molecule has 0 unspecified atom stereocenters. The van der Waals surface area contributed by atoms with Gasteiger partial charge in [0, 0.05) is 18.3 Å².